The van der Waals surface area contributed by atoms with Crippen molar-refractivity contribution in [2.24, 2.45) is 5.41 Å². The monoisotopic (exact) mass is 139 g/mol. The number of nitrogens with zero attached hydrogens (tertiary/aromatic N) is 1. The van der Waals surface area contributed by atoms with Crippen LogP contribution in [0, 0.1) is 16.7 Å². The quantitative estimate of drug-likeness (QED) is 0.599. The highest BCUT2D eigenvalue weighted by Gasteiger charge is 2.20. The molecule has 2 nitrogen and oxygen atoms in total. The Hall–Kier alpha value is -0.810. The van der Waals surface area contributed by atoms with Crippen molar-refractivity contribution < 1.29 is 5.11 Å². The predicted octanol–water partition coefficient (Wildman–Crippen LogP) is 1.47. The summed E-state index contributed by atoms with van der Waals surface area (Å²) in [6, 6.07) is 2.07. The van der Waals surface area contributed by atoms with E-state index in [-0.39, 0.29) is 6.61 Å². The number of allylic oxidation sites excluding steroid dienone is 1. The van der Waals surface area contributed by atoms with Crippen molar-refractivity contribution in [3.05, 3.63) is 12.7 Å². The zero-order chi connectivity index (χ0) is 8.04. The van der Waals surface area contributed by atoms with E-state index in [4.69, 9.17) is 10.4 Å². The lowest BCUT2D eigenvalue weighted by Gasteiger charge is -2.16. The zero-order valence-electron chi connectivity index (χ0n) is 6.30. The van der Waals surface area contributed by atoms with Gasteiger partial charge in [0, 0.05) is 0 Å². The summed E-state index contributed by atoms with van der Waals surface area (Å²) in [7, 11) is 0. The molecule has 0 saturated heterocycles. The minimum absolute atomic E-state index is 0.0721. The van der Waals surface area contributed by atoms with Crippen LogP contribution in [0.25, 0.3) is 0 Å². The van der Waals surface area contributed by atoms with Crippen molar-refractivity contribution in [1.29, 1.82) is 5.26 Å². The second-order valence-corrected chi connectivity index (χ2v) is 2.66. The molecule has 1 N–H and O–H groups in total. The van der Waals surface area contributed by atoms with Crippen molar-refractivity contribution >= 4 is 0 Å². The average molecular weight is 139 g/mol. The maximum atomic E-state index is 8.76. The summed E-state index contributed by atoms with van der Waals surface area (Å²) in [5, 5.41) is 17.3. The van der Waals surface area contributed by atoms with Gasteiger partial charge in [-0.15, -0.1) is 6.58 Å². The van der Waals surface area contributed by atoms with Crippen molar-refractivity contribution in [3.63, 3.8) is 0 Å². The van der Waals surface area contributed by atoms with Crippen LogP contribution in [0.4, 0.5) is 0 Å². The van der Waals surface area contributed by atoms with Crippen molar-refractivity contribution in [2.45, 2.75) is 19.8 Å². The Kier molecular flexibility index (Phi) is 3.75. The summed E-state index contributed by atoms with van der Waals surface area (Å²) in [5.41, 5.74) is -0.575. The lowest BCUT2D eigenvalue weighted by molar-refractivity contribution is 0.182. The Labute approximate surface area is 61.8 Å². The largest absolute Gasteiger partial charge is 0.395 e. The van der Waals surface area contributed by atoms with Crippen molar-refractivity contribution in [2.75, 3.05) is 6.61 Å². The van der Waals surface area contributed by atoms with Gasteiger partial charge in [-0.05, 0) is 19.8 Å². The van der Waals surface area contributed by atoms with E-state index in [9.17, 15) is 0 Å². The molecule has 0 bridgehead atoms. The Morgan fingerprint density at radius 1 is 1.80 bits per heavy atom. The fourth-order valence-electron chi connectivity index (χ4n) is 0.591. The van der Waals surface area contributed by atoms with Gasteiger partial charge in [-0.3, -0.25) is 0 Å². The maximum absolute atomic E-state index is 8.76. The fraction of sp³-hybridized carbons (Fsp3) is 0.625. The summed E-state index contributed by atoms with van der Waals surface area (Å²) >= 11 is 0. The molecule has 0 spiro atoms. The lowest BCUT2D eigenvalue weighted by atomic mass is 9.88. The normalized spacial score (nSPS) is 15.3. The van der Waals surface area contributed by atoms with Crippen LogP contribution in [-0.2, 0) is 0 Å². The Bertz CT molecular complexity index is 148. The molecule has 2 heteroatoms. The molecule has 0 aliphatic heterocycles. The van der Waals surface area contributed by atoms with Crippen LogP contribution in [0.2, 0.25) is 0 Å². The topological polar surface area (TPSA) is 44.0 Å². The number of hydrogen-bond donors (Lipinski definition) is 1. The van der Waals surface area contributed by atoms with E-state index in [1.165, 1.54) is 0 Å². The van der Waals surface area contributed by atoms with E-state index in [2.05, 4.69) is 12.6 Å². The number of aliphatic hydroxyl groups is 1. The SMILES string of the molecule is C=CCCC(C)(C#N)CO. The van der Waals surface area contributed by atoms with Crippen LogP contribution in [0.3, 0.4) is 0 Å². The van der Waals surface area contributed by atoms with E-state index in [0.717, 1.165) is 6.42 Å². The van der Waals surface area contributed by atoms with Gasteiger partial charge in [-0.1, -0.05) is 6.08 Å². The third-order valence-electron chi connectivity index (χ3n) is 1.52. The lowest BCUT2D eigenvalue weighted by Crippen LogP contribution is -2.18. The molecule has 1 unspecified atom stereocenters. The van der Waals surface area contributed by atoms with E-state index in [0.29, 0.717) is 6.42 Å². The van der Waals surface area contributed by atoms with E-state index in [1.807, 2.05) is 0 Å². The molecule has 0 aromatic rings. The predicted molar refractivity (Wildman–Crippen MR) is 40.2 cm³/mol. The molecule has 56 valence electrons. The first kappa shape index (κ1) is 9.19. The van der Waals surface area contributed by atoms with Gasteiger partial charge in [0.2, 0.25) is 0 Å². The van der Waals surface area contributed by atoms with Crippen LogP contribution in [0.15, 0.2) is 12.7 Å². The minimum atomic E-state index is -0.575. The Balaban J connectivity index is 3.83. The van der Waals surface area contributed by atoms with Crippen LogP contribution < -0.4 is 0 Å². The first-order valence-corrected chi connectivity index (χ1v) is 3.31. The number of aliphatic hydroxyl groups excluding tert-OH is 1. The molecule has 0 aromatic carbocycles. The van der Waals surface area contributed by atoms with Gasteiger partial charge in [0.15, 0.2) is 0 Å². The van der Waals surface area contributed by atoms with Gasteiger partial charge in [-0.2, -0.15) is 5.26 Å². The van der Waals surface area contributed by atoms with E-state index >= 15 is 0 Å². The molecule has 1 atom stereocenters. The fourth-order valence-corrected chi connectivity index (χ4v) is 0.591. The molecule has 0 aromatic heterocycles. The maximum Gasteiger partial charge on any atom is 0.0779 e. The molecule has 0 heterocycles. The van der Waals surface area contributed by atoms with E-state index < -0.39 is 5.41 Å². The van der Waals surface area contributed by atoms with Gasteiger partial charge in [0.05, 0.1) is 18.1 Å². The molecule has 0 radical (unpaired) electrons. The minimum Gasteiger partial charge on any atom is -0.395 e. The molecule has 0 rings (SSSR count). The third-order valence-corrected chi connectivity index (χ3v) is 1.52. The summed E-state index contributed by atoms with van der Waals surface area (Å²) in [5.74, 6) is 0. The molecular weight excluding hydrogens is 126 g/mol. The Morgan fingerprint density at radius 2 is 2.40 bits per heavy atom. The summed E-state index contributed by atoms with van der Waals surface area (Å²) in [6.07, 6.45) is 3.22. The zero-order valence-corrected chi connectivity index (χ0v) is 6.30. The van der Waals surface area contributed by atoms with Gasteiger partial charge >= 0.3 is 0 Å². The summed E-state index contributed by atoms with van der Waals surface area (Å²) < 4.78 is 0. The van der Waals surface area contributed by atoms with Crippen LogP contribution >= 0.6 is 0 Å². The van der Waals surface area contributed by atoms with Crippen LogP contribution in [0.1, 0.15) is 19.8 Å². The average Bonchev–Trinajstić information content (AvgIpc) is 2.00. The summed E-state index contributed by atoms with van der Waals surface area (Å²) in [6.45, 7) is 5.22. The van der Waals surface area contributed by atoms with Gasteiger partial charge in [0.25, 0.3) is 0 Å². The van der Waals surface area contributed by atoms with Gasteiger partial charge in [-0.25, -0.2) is 0 Å². The second kappa shape index (κ2) is 4.08. The highest BCUT2D eigenvalue weighted by Crippen LogP contribution is 2.20. The smallest absolute Gasteiger partial charge is 0.0779 e. The number of nitriles is 1. The molecule has 0 aliphatic carbocycles. The molecular formula is C8H13NO. The van der Waals surface area contributed by atoms with Gasteiger partial charge < -0.3 is 5.11 Å². The second-order valence-electron chi connectivity index (χ2n) is 2.66. The molecule has 10 heavy (non-hydrogen) atoms. The van der Waals surface area contributed by atoms with Crippen molar-refractivity contribution in [1.82, 2.24) is 0 Å². The highest BCUT2D eigenvalue weighted by molar-refractivity contribution is 4.96. The van der Waals surface area contributed by atoms with Crippen molar-refractivity contribution in [3.8, 4) is 6.07 Å². The van der Waals surface area contributed by atoms with E-state index in [1.54, 1.807) is 13.0 Å². The summed E-state index contributed by atoms with van der Waals surface area (Å²) in [4.78, 5) is 0. The first-order valence-electron chi connectivity index (χ1n) is 3.31. The molecule has 0 saturated carbocycles. The highest BCUT2D eigenvalue weighted by atomic mass is 16.3. The molecule has 0 aliphatic rings. The number of hydrogen-bond acceptors (Lipinski definition) is 2. The van der Waals surface area contributed by atoms with Gasteiger partial charge in [0.1, 0.15) is 0 Å². The molecule has 0 fully saturated rings. The number of rotatable bonds is 4. The Morgan fingerprint density at radius 3 is 2.70 bits per heavy atom. The van der Waals surface area contributed by atoms with Crippen LogP contribution in [-0.4, -0.2) is 11.7 Å². The van der Waals surface area contributed by atoms with Crippen LogP contribution in [0.5, 0.6) is 0 Å². The third kappa shape index (κ3) is 2.65. The molecule has 0 amide bonds. The first-order chi connectivity index (χ1) is 4.68. The standard InChI is InChI=1S/C8H13NO/c1-3-4-5-8(2,6-9)7-10/h3,10H,1,4-5,7H2,2H3.